The Hall–Kier alpha value is -0.240. The van der Waals surface area contributed by atoms with Crippen molar-refractivity contribution >= 4 is 23.2 Å². The van der Waals surface area contributed by atoms with Crippen molar-refractivity contribution in [2.24, 2.45) is 17.6 Å². The number of halogens is 2. The standard InChI is InChI=1S/C14H19Cl2N/c1-9-2-3-10(8-17)12(6-9)13-7-11(15)4-5-14(13)16/h4-5,7,9-10,12H,2-3,6,8,17H2,1H3. The van der Waals surface area contributed by atoms with Gasteiger partial charge in [-0.05, 0) is 60.9 Å². The molecule has 0 saturated heterocycles. The van der Waals surface area contributed by atoms with Crippen molar-refractivity contribution in [1.29, 1.82) is 0 Å². The highest BCUT2D eigenvalue weighted by Gasteiger charge is 2.30. The van der Waals surface area contributed by atoms with Crippen LogP contribution in [0.2, 0.25) is 10.0 Å². The Balaban J connectivity index is 2.31. The summed E-state index contributed by atoms with van der Waals surface area (Å²) in [6.45, 7) is 3.04. The molecule has 1 nitrogen and oxygen atoms in total. The van der Waals surface area contributed by atoms with Gasteiger partial charge in [-0.1, -0.05) is 36.5 Å². The second-order valence-electron chi connectivity index (χ2n) is 5.19. The average Bonchev–Trinajstić information content (AvgIpc) is 2.32. The second-order valence-corrected chi connectivity index (χ2v) is 6.03. The number of hydrogen-bond acceptors (Lipinski definition) is 1. The molecule has 94 valence electrons. The van der Waals surface area contributed by atoms with Gasteiger partial charge in [-0.2, -0.15) is 0 Å². The van der Waals surface area contributed by atoms with Gasteiger partial charge in [0, 0.05) is 10.0 Å². The third-order valence-electron chi connectivity index (χ3n) is 3.92. The highest BCUT2D eigenvalue weighted by Crippen LogP contribution is 2.42. The minimum Gasteiger partial charge on any atom is -0.330 e. The highest BCUT2D eigenvalue weighted by atomic mass is 35.5. The topological polar surface area (TPSA) is 26.0 Å². The van der Waals surface area contributed by atoms with Gasteiger partial charge in [-0.3, -0.25) is 0 Å². The smallest absolute Gasteiger partial charge is 0.0441 e. The van der Waals surface area contributed by atoms with Crippen LogP contribution in [-0.4, -0.2) is 6.54 Å². The molecule has 1 aromatic rings. The van der Waals surface area contributed by atoms with E-state index in [4.69, 9.17) is 28.9 Å². The molecule has 1 saturated carbocycles. The van der Waals surface area contributed by atoms with E-state index >= 15 is 0 Å². The molecular formula is C14H19Cl2N. The summed E-state index contributed by atoms with van der Waals surface area (Å²) in [5.74, 6) is 1.76. The van der Waals surface area contributed by atoms with Crippen molar-refractivity contribution in [3.8, 4) is 0 Å². The van der Waals surface area contributed by atoms with Gasteiger partial charge in [0.05, 0.1) is 0 Å². The second kappa shape index (κ2) is 5.60. The Bertz CT molecular complexity index is 392. The average molecular weight is 272 g/mol. The van der Waals surface area contributed by atoms with Crippen LogP contribution in [0.4, 0.5) is 0 Å². The van der Waals surface area contributed by atoms with E-state index in [1.165, 1.54) is 24.8 Å². The third kappa shape index (κ3) is 2.96. The molecule has 0 spiro atoms. The first-order valence-corrected chi connectivity index (χ1v) is 7.02. The predicted octanol–water partition coefficient (Wildman–Crippen LogP) is 4.47. The molecule has 2 rings (SSSR count). The van der Waals surface area contributed by atoms with Gasteiger partial charge in [-0.15, -0.1) is 0 Å². The lowest BCUT2D eigenvalue weighted by Gasteiger charge is -2.35. The van der Waals surface area contributed by atoms with Gasteiger partial charge in [0.1, 0.15) is 0 Å². The van der Waals surface area contributed by atoms with Crippen molar-refractivity contribution < 1.29 is 0 Å². The first kappa shape index (κ1) is 13.2. The van der Waals surface area contributed by atoms with Crippen molar-refractivity contribution in [3.63, 3.8) is 0 Å². The van der Waals surface area contributed by atoms with Crippen molar-refractivity contribution in [2.75, 3.05) is 6.54 Å². The monoisotopic (exact) mass is 271 g/mol. The van der Waals surface area contributed by atoms with Gasteiger partial charge in [-0.25, -0.2) is 0 Å². The van der Waals surface area contributed by atoms with E-state index in [1.54, 1.807) is 0 Å². The maximum Gasteiger partial charge on any atom is 0.0441 e. The van der Waals surface area contributed by atoms with Crippen LogP contribution in [0.3, 0.4) is 0 Å². The van der Waals surface area contributed by atoms with E-state index in [2.05, 4.69) is 6.92 Å². The quantitative estimate of drug-likeness (QED) is 0.844. The van der Waals surface area contributed by atoms with E-state index < -0.39 is 0 Å². The molecule has 2 N–H and O–H groups in total. The Morgan fingerprint density at radius 2 is 2.06 bits per heavy atom. The molecule has 0 aromatic heterocycles. The molecule has 3 unspecified atom stereocenters. The summed E-state index contributed by atoms with van der Waals surface area (Å²) in [7, 11) is 0. The normalized spacial score (nSPS) is 29.3. The van der Waals surface area contributed by atoms with E-state index in [1.807, 2.05) is 18.2 Å². The van der Waals surface area contributed by atoms with Gasteiger partial charge >= 0.3 is 0 Å². The lowest BCUT2D eigenvalue weighted by molar-refractivity contribution is 0.254. The Morgan fingerprint density at radius 3 is 2.76 bits per heavy atom. The van der Waals surface area contributed by atoms with Crippen molar-refractivity contribution in [3.05, 3.63) is 33.8 Å². The first-order valence-electron chi connectivity index (χ1n) is 6.26. The minimum absolute atomic E-state index is 0.468. The summed E-state index contributed by atoms with van der Waals surface area (Å²) in [4.78, 5) is 0. The number of benzene rings is 1. The maximum absolute atomic E-state index is 6.30. The summed E-state index contributed by atoms with van der Waals surface area (Å²) in [5.41, 5.74) is 7.07. The lowest BCUT2D eigenvalue weighted by atomic mass is 9.71. The molecule has 3 atom stereocenters. The third-order valence-corrected chi connectivity index (χ3v) is 4.50. The molecule has 1 fully saturated rings. The van der Waals surface area contributed by atoms with Gasteiger partial charge in [0.25, 0.3) is 0 Å². The van der Waals surface area contributed by atoms with E-state index in [0.29, 0.717) is 11.8 Å². The largest absolute Gasteiger partial charge is 0.330 e. The molecule has 0 heterocycles. The number of hydrogen-bond donors (Lipinski definition) is 1. The highest BCUT2D eigenvalue weighted by molar-refractivity contribution is 6.33. The van der Waals surface area contributed by atoms with Crippen molar-refractivity contribution in [2.45, 2.75) is 32.1 Å². The van der Waals surface area contributed by atoms with Crippen LogP contribution in [0.5, 0.6) is 0 Å². The summed E-state index contributed by atoms with van der Waals surface area (Å²) < 4.78 is 0. The molecule has 0 bridgehead atoms. The Kier molecular flexibility index (Phi) is 4.35. The fourth-order valence-corrected chi connectivity index (χ4v) is 3.34. The minimum atomic E-state index is 0.468. The fourth-order valence-electron chi connectivity index (χ4n) is 2.91. The molecule has 0 radical (unpaired) electrons. The van der Waals surface area contributed by atoms with Crippen LogP contribution in [-0.2, 0) is 0 Å². The van der Waals surface area contributed by atoms with Crippen LogP contribution in [0.25, 0.3) is 0 Å². The molecule has 0 aliphatic heterocycles. The van der Waals surface area contributed by atoms with Gasteiger partial charge in [0.2, 0.25) is 0 Å². The van der Waals surface area contributed by atoms with Crippen LogP contribution in [0, 0.1) is 11.8 Å². The zero-order chi connectivity index (χ0) is 12.4. The number of nitrogens with two attached hydrogens (primary N) is 1. The zero-order valence-corrected chi connectivity index (χ0v) is 11.6. The van der Waals surface area contributed by atoms with Crippen molar-refractivity contribution in [1.82, 2.24) is 0 Å². The molecule has 17 heavy (non-hydrogen) atoms. The molecular weight excluding hydrogens is 253 g/mol. The summed E-state index contributed by atoms with van der Waals surface area (Å²) >= 11 is 12.4. The fraction of sp³-hybridized carbons (Fsp3) is 0.571. The van der Waals surface area contributed by atoms with E-state index in [-0.39, 0.29) is 0 Å². The van der Waals surface area contributed by atoms with Crippen LogP contribution < -0.4 is 5.73 Å². The van der Waals surface area contributed by atoms with Crippen LogP contribution in [0.1, 0.15) is 37.7 Å². The SMILES string of the molecule is CC1CCC(CN)C(c2cc(Cl)ccc2Cl)C1. The molecule has 1 aliphatic carbocycles. The summed E-state index contributed by atoms with van der Waals surface area (Å²) in [6.07, 6.45) is 3.64. The Morgan fingerprint density at radius 1 is 1.29 bits per heavy atom. The molecule has 3 heteroatoms. The van der Waals surface area contributed by atoms with E-state index in [0.717, 1.165) is 22.5 Å². The molecule has 1 aliphatic rings. The van der Waals surface area contributed by atoms with Gasteiger partial charge in [0.15, 0.2) is 0 Å². The lowest BCUT2D eigenvalue weighted by Crippen LogP contribution is -2.28. The molecule has 1 aromatic carbocycles. The van der Waals surface area contributed by atoms with E-state index in [9.17, 15) is 0 Å². The molecule has 0 amide bonds. The maximum atomic E-state index is 6.30. The van der Waals surface area contributed by atoms with Crippen LogP contribution in [0.15, 0.2) is 18.2 Å². The van der Waals surface area contributed by atoms with Crippen LogP contribution >= 0.6 is 23.2 Å². The predicted molar refractivity (Wildman–Crippen MR) is 74.8 cm³/mol. The van der Waals surface area contributed by atoms with Gasteiger partial charge < -0.3 is 5.73 Å². The first-order chi connectivity index (χ1) is 8.11. The zero-order valence-electron chi connectivity index (χ0n) is 10.1. The summed E-state index contributed by atoms with van der Waals surface area (Å²) in [5, 5.41) is 1.59. The number of rotatable bonds is 2. The Labute approximate surface area is 113 Å². The summed E-state index contributed by atoms with van der Waals surface area (Å²) in [6, 6.07) is 5.75.